The number of nitrogens with one attached hydrogen (secondary N) is 1. The minimum absolute atomic E-state index is 0.0163. The van der Waals surface area contributed by atoms with Crippen LogP contribution in [0.25, 0.3) is 0 Å². The van der Waals surface area contributed by atoms with Crippen LogP contribution in [0.1, 0.15) is 37.4 Å². The van der Waals surface area contributed by atoms with Crippen LogP contribution in [0.5, 0.6) is 23.0 Å². The maximum absolute atomic E-state index is 13.3. The standard InChI is InChI=1S/C25H32N2O7/c1-6-33-22-12-16-10-11-27(19(15-24(28)32-5)18(16)14-23(22)34-7-2)25(29)26-17-8-9-20(30-3)21(13-17)31-4/h8-9,12-14,19H,6-7,10-11,15H2,1-5H3,(H,26,29). The number of ether oxygens (including phenoxy) is 5. The molecule has 1 heterocycles. The molecule has 2 amide bonds. The van der Waals surface area contributed by atoms with E-state index in [0.717, 1.165) is 11.1 Å². The first-order valence-electron chi connectivity index (χ1n) is 11.2. The van der Waals surface area contributed by atoms with E-state index in [1.165, 1.54) is 14.2 Å². The Balaban J connectivity index is 1.94. The lowest BCUT2D eigenvalue weighted by Gasteiger charge is -2.37. The van der Waals surface area contributed by atoms with Crippen molar-refractivity contribution in [3.63, 3.8) is 0 Å². The molecule has 2 aromatic carbocycles. The van der Waals surface area contributed by atoms with Crippen molar-refractivity contribution in [2.75, 3.05) is 46.4 Å². The van der Waals surface area contributed by atoms with E-state index < -0.39 is 12.0 Å². The summed E-state index contributed by atoms with van der Waals surface area (Å²) >= 11 is 0. The van der Waals surface area contributed by atoms with E-state index in [2.05, 4.69) is 5.32 Å². The van der Waals surface area contributed by atoms with Crippen molar-refractivity contribution in [2.45, 2.75) is 32.7 Å². The monoisotopic (exact) mass is 472 g/mol. The third-order valence-electron chi connectivity index (χ3n) is 5.65. The Bertz CT molecular complexity index is 1020. The van der Waals surface area contributed by atoms with Crippen LogP contribution < -0.4 is 24.3 Å². The van der Waals surface area contributed by atoms with Crippen molar-refractivity contribution in [1.82, 2.24) is 4.90 Å². The number of hydrogen-bond donors (Lipinski definition) is 1. The van der Waals surface area contributed by atoms with Gasteiger partial charge in [0.1, 0.15) is 0 Å². The highest BCUT2D eigenvalue weighted by Crippen LogP contribution is 2.40. The topological polar surface area (TPSA) is 95.6 Å². The summed E-state index contributed by atoms with van der Waals surface area (Å²) < 4.78 is 27.1. The van der Waals surface area contributed by atoms with E-state index in [9.17, 15) is 9.59 Å². The number of amides is 2. The van der Waals surface area contributed by atoms with Crippen LogP contribution in [0.15, 0.2) is 30.3 Å². The van der Waals surface area contributed by atoms with Crippen LogP contribution in [0, 0.1) is 0 Å². The van der Waals surface area contributed by atoms with Gasteiger partial charge in [-0.1, -0.05) is 0 Å². The molecule has 0 bridgehead atoms. The Morgan fingerprint density at radius 1 is 0.941 bits per heavy atom. The van der Waals surface area contributed by atoms with Gasteiger partial charge in [-0.15, -0.1) is 0 Å². The molecule has 9 nitrogen and oxygen atoms in total. The first-order valence-corrected chi connectivity index (χ1v) is 11.2. The normalized spacial score (nSPS) is 14.6. The molecule has 1 aliphatic rings. The van der Waals surface area contributed by atoms with Gasteiger partial charge in [-0.3, -0.25) is 4.79 Å². The van der Waals surface area contributed by atoms with Gasteiger partial charge in [0, 0.05) is 18.3 Å². The number of carbonyl (C=O) groups is 2. The number of benzene rings is 2. The predicted molar refractivity (Wildman–Crippen MR) is 127 cm³/mol. The number of anilines is 1. The summed E-state index contributed by atoms with van der Waals surface area (Å²) in [5.74, 6) is 1.89. The number of nitrogens with zero attached hydrogens (tertiary/aromatic N) is 1. The number of hydrogen-bond acceptors (Lipinski definition) is 7. The maximum atomic E-state index is 13.3. The first-order chi connectivity index (χ1) is 16.4. The highest BCUT2D eigenvalue weighted by atomic mass is 16.5. The first kappa shape index (κ1) is 25.0. The van der Waals surface area contributed by atoms with Gasteiger partial charge in [-0.25, -0.2) is 4.79 Å². The highest BCUT2D eigenvalue weighted by molar-refractivity contribution is 5.90. The molecule has 3 rings (SSSR count). The van der Waals surface area contributed by atoms with Crippen molar-refractivity contribution in [2.24, 2.45) is 0 Å². The minimum Gasteiger partial charge on any atom is -0.493 e. The number of urea groups is 1. The second kappa shape index (κ2) is 11.5. The van der Waals surface area contributed by atoms with E-state index in [1.54, 1.807) is 30.2 Å². The van der Waals surface area contributed by atoms with Crippen LogP contribution in [-0.4, -0.2) is 58.0 Å². The van der Waals surface area contributed by atoms with Crippen molar-refractivity contribution in [3.8, 4) is 23.0 Å². The van der Waals surface area contributed by atoms with Crippen LogP contribution in [0.4, 0.5) is 10.5 Å². The molecule has 1 unspecified atom stereocenters. The zero-order chi connectivity index (χ0) is 24.7. The van der Waals surface area contributed by atoms with Crippen LogP contribution in [0.3, 0.4) is 0 Å². The molecule has 34 heavy (non-hydrogen) atoms. The number of carbonyl (C=O) groups excluding carboxylic acids is 2. The van der Waals surface area contributed by atoms with E-state index in [0.29, 0.717) is 54.9 Å². The van der Waals surface area contributed by atoms with E-state index in [-0.39, 0.29) is 12.5 Å². The Labute approximate surface area is 199 Å². The lowest BCUT2D eigenvalue weighted by atomic mass is 9.90. The summed E-state index contributed by atoms with van der Waals surface area (Å²) in [5.41, 5.74) is 2.40. The lowest BCUT2D eigenvalue weighted by molar-refractivity contribution is -0.141. The van der Waals surface area contributed by atoms with Crippen LogP contribution in [0.2, 0.25) is 0 Å². The smallest absolute Gasteiger partial charge is 0.322 e. The van der Waals surface area contributed by atoms with E-state index >= 15 is 0 Å². The summed E-state index contributed by atoms with van der Waals surface area (Å²) in [6, 6.07) is 8.09. The van der Waals surface area contributed by atoms with Gasteiger partial charge in [0.25, 0.3) is 0 Å². The molecule has 1 atom stereocenters. The third kappa shape index (κ3) is 5.47. The van der Waals surface area contributed by atoms with E-state index in [1.807, 2.05) is 26.0 Å². The summed E-state index contributed by atoms with van der Waals surface area (Å²) in [5, 5.41) is 2.90. The SMILES string of the molecule is CCOc1cc2c(cc1OCC)C(CC(=O)OC)N(C(=O)Nc1ccc(OC)c(OC)c1)CC2. The Morgan fingerprint density at radius 3 is 2.24 bits per heavy atom. The summed E-state index contributed by atoms with van der Waals surface area (Å²) in [6.45, 7) is 5.20. The molecule has 0 aliphatic carbocycles. The van der Waals surface area contributed by atoms with Crippen molar-refractivity contribution < 1.29 is 33.3 Å². The fourth-order valence-corrected chi connectivity index (χ4v) is 4.06. The molecule has 0 fully saturated rings. The maximum Gasteiger partial charge on any atom is 0.322 e. The number of rotatable bonds is 9. The van der Waals surface area contributed by atoms with Crippen molar-refractivity contribution in [1.29, 1.82) is 0 Å². The summed E-state index contributed by atoms with van der Waals surface area (Å²) in [4.78, 5) is 27.3. The third-order valence-corrected chi connectivity index (χ3v) is 5.65. The zero-order valence-electron chi connectivity index (χ0n) is 20.3. The van der Waals surface area contributed by atoms with Gasteiger partial charge in [-0.2, -0.15) is 0 Å². The molecule has 0 saturated carbocycles. The molecule has 0 aromatic heterocycles. The molecule has 0 radical (unpaired) electrons. The van der Waals surface area contributed by atoms with Gasteiger partial charge >= 0.3 is 12.0 Å². The molecule has 1 aliphatic heterocycles. The van der Waals surface area contributed by atoms with Crippen molar-refractivity contribution in [3.05, 3.63) is 41.5 Å². The largest absolute Gasteiger partial charge is 0.493 e. The zero-order valence-corrected chi connectivity index (χ0v) is 20.3. The fourth-order valence-electron chi connectivity index (χ4n) is 4.06. The van der Waals surface area contributed by atoms with Crippen molar-refractivity contribution >= 4 is 17.7 Å². The minimum atomic E-state index is -0.522. The average Bonchev–Trinajstić information content (AvgIpc) is 2.84. The molecular formula is C25H32N2O7. The molecule has 0 saturated heterocycles. The Morgan fingerprint density at radius 2 is 1.62 bits per heavy atom. The van der Waals surface area contributed by atoms with Gasteiger partial charge in [0.15, 0.2) is 23.0 Å². The highest BCUT2D eigenvalue weighted by Gasteiger charge is 2.34. The second-order valence-corrected chi connectivity index (χ2v) is 7.60. The Hall–Kier alpha value is -3.62. The molecule has 2 aromatic rings. The van der Waals surface area contributed by atoms with Gasteiger partial charge in [-0.05, 0) is 55.7 Å². The quantitative estimate of drug-likeness (QED) is 0.547. The van der Waals surface area contributed by atoms with Crippen LogP contribution in [-0.2, 0) is 16.0 Å². The van der Waals surface area contributed by atoms with Crippen LogP contribution >= 0.6 is 0 Å². The number of esters is 1. The average molecular weight is 473 g/mol. The number of methoxy groups -OCH3 is 3. The molecule has 1 N–H and O–H groups in total. The number of fused-ring (bicyclic) bond motifs is 1. The molecule has 0 spiro atoms. The Kier molecular flexibility index (Phi) is 8.45. The van der Waals surface area contributed by atoms with Gasteiger partial charge in [0.05, 0.1) is 47.0 Å². The fraction of sp³-hybridized carbons (Fsp3) is 0.440. The van der Waals surface area contributed by atoms with Gasteiger partial charge in [0.2, 0.25) is 0 Å². The van der Waals surface area contributed by atoms with E-state index in [4.69, 9.17) is 23.7 Å². The summed E-state index contributed by atoms with van der Waals surface area (Å²) in [7, 11) is 4.42. The summed E-state index contributed by atoms with van der Waals surface area (Å²) in [6.07, 6.45) is 0.626. The molecule has 9 heteroatoms. The molecule has 184 valence electrons. The predicted octanol–water partition coefficient (Wildman–Crippen LogP) is 4.20. The lowest BCUT2D eigenvalue weighted by Crippen LogP contribution is -2.43. The second-order valence-electron chi connectivity index (χ2n) is 7.60. The van der Waals surface area contributed by atoms with Gasteiger partial charge < -0.3 is 33.9 Å². The molecular weight excluding hydrogens is 440 g/mol.